The average Bonchev–Trinajstić information content (AvgIpc) is 3.55. The SMILES string of the molecule is Cn1cc(N(C2CCN(CC(F)F)CC2)S(=O)(=O)NC(=O)Nc2c3c(cc4c2CCC4)CCC3)cn1.[Na]. The van der Waals surface area contributed by atoms with Crippen molar-refractivity contribution in [3.05, 3.63) is 40.7 Å². The first-order valence-corrected chi connectivity index (χ1v) is 13.9. The number of likely N-dealkylation sites (tertiary alicyclic amines) is 1. The summed E-state index contributed by atoms with van der Waals surface area (Å²) >= 11 is 0. The summed E-state index contributed by atoms with van der Waals surface area (Å²) in [7, 11) is -2.62. The molecule has 2 N–H and O–H groups in total. The molecule has 37 heavy (non-hydrogen) atoms. The van der Waals surface area contributed by atoms with E-state index in [1.165, 1.54) is 26.3 Å². The van der Waals surface area contributed by atoms with Gasteiger partial charge in [-0.2, -0.15) is 13.5 Å². The summed E-state index contributed by atoms with van der Waals surface area (Å²) in [5.74, 6) is 0. The number of piperidine rings is 1. The van der Waals surface area contributed by atoms with Gasteiger partial charge in [-0.05, 0) is 73.6 Å². The summed E-state index contributed by atoms with van der Waals surface area (Å²) in [6.45, 7) is 0.351. The molecule has 2 aliphatic carbocycles. The number of benzene rings is 1. The van der Waals surface area contributed by atoms with Crippen LogP contribution in [0.2, 0.25) is 0 Å². The van der Waals surface area contributed by atoms with Crippen molar-refractivity contribution in [2.24, 2.45) is 7.05 Å². The average molecular weight is 546 g/mol. The van der Waals surface area contributed by atoms with E-state index in [1.807, 2.05) is 0 Å². The van der Waals surface area contributed by atoms with Gasteiger partial charge in [0.05, 0.1) is 18.4 Å². The number of anilines is 2. The fourth-order valence-electron chi connectivity index (χ4n) is 5.87. The van der Waals surface area contributed by atoms with E-state index in [1.54, 1.807) is 18.1 Å². The molecule has 197 valence electrons. The predicted molar refractivity (Wildman–Crippen MR) is 138 cm³/mol. The number of fused-ring (bicyclic) bond motifs is 2. The standard InChI is InChI=1S/C24H32F2N6O3S.Na/c1-30-14-19(13-27-30)32(18-8-10-31(11-9-18)15-22(25)26)36(34,35)29-24(33)28-23-20-6-2-4-16(20)12-17-5-3-7-21(17)23;/h12-14,18,22H,2-11,15H2,1H3,(H2,28,29,33);. The van der Waals surface area contributed by atoms with Crippen LogP contribution >= 0.6 is 0 Å². The van der Waals surface area contributed by atoms with Crippen LogP contribution in [0.15, 0.2) is 18.5 Å². The van der Waals surface area contributed by atoms with Crippen LogP contribution in [0.25, 0.3) is 0 Å². The van der Waals surface area contributed by atoms with E-state index in [9.17, 15) is 22.0 Å². The number of urea groups is 1. The maximum atomic E-state index is 13.6. The van der Waals surface area contributed by atoms with Gasteiger partial charge in [-0.15, -0.1) is 0 Å². The van der Waals surface area contributed by atoms with Gasteiger partial charge in [0.15, 0.2) is 0 Å². The van der Waals surface area contributed by atoms with E-state index in [4.69, 9.17) is 0 Å². The number of hydrogen-bond acceptors (Lipinski definition) is 5. The third-order valence-corrected chi connectivity index (χ3v) is 8.89. The van der Waals surface area contributed by atoms with Crippen LogP contribution in [0, 0.1) is 0 Å². The fourth-order valence-corrected chi connectivity index (χ4v) is 7.23. The van der Waals surface area contributed by atoms with Gasteiger partial charge in [0.1, 0.15) is 0 Å². The molecule has 13 heteroatoms. The second kappa shape index (κ2) is 11.6. The minimum Gasteiger partial charge on any atom is -0.307 e. The third kappa shape index (κ3) is 6.13. The second-order valence-corrected chi connectivity index (χ2v) is 11.4. The molecule has 1 saturated heterocycles. The van der Waals surface area contributed by atoms with Crippen molar-refractivity contribution in [3.8, 4) is 0 Å². The Morgan fingerprint density at radius 1 is 1.14 bits per heavy atom. The number of carbonyl (C=O) groups excluding carboxylic acids is 1. The van der Waals surface area contributed by atoms with Crippen molar-refractivity contribution in [2.75, 3.05) is 29.3 Å². The molecule has 0 bridgehead atoms. The Balaban J connectivity index is 0.00000320. The fraction of sp³-hybridized carbons (Fsp3) is 0.583. The molecule has 0 saturated carbocycles. The van der Waals surface area contributed by atoms with E-state index in [2.05, 4.69) is 21.2 Å². The molecule has 0 spiro atoms. The molecule has 2 heterocycles. The van der Waals surface area contributed by atoms with Gasteiger partial charge in [0.25, 0.3) is 6.43 Å². The molecule has 5 rings (SSSR count). The molecule has 1 fully saturated rings. The van der Waals surface area contributed by atoms with Crippen LogP contribution in [0.1, 0.15) is 47.9 Å². The Morgan fingerprint density at radius 3 is 2.30 bits per heavy atom. The van der Waals surface area contributed by atoms with Crippen LogP contribution in [0.3, 0.4) is 0 Å². The van der Waals surface area contributed by atoms with Gasteiger partial charge >= 0.3 is 16.2 Å². The smallest absolute Gasteiger partial charge is 0.307 e. The Labute approximate surface area is 238 Å². The van der Waals surface area contributed by atoms with Gasteiger partial charge in [-0.1, -0.05) is 6.07 Å². The molecule has 3 aliphatic rings. The molecule has 9 nitrogen and oxygen atoms in total. The van der Waals surface area contributed by atoms with Crippen LogP contribution in [0.4, 0.5) is 25.0 Å². The Morgan fingerprint density at radius 2 is 1.76 bits per heavy atom. The van der Waals surface area contributed by atoms with Gasteiger partial charge in [0.2, 0.25) is 0 Å². The quantitative estimate of drug-likeness (QED) is 0.522. The number of rotatable bonds is 7. The Bertz CT molecular complexity index is 1220. The number of aromatic nitrogens is 2. The molecule has 1 aromatic heterocycles. The first kappa shape index (κ1) is 28.3. The van der Waals surface area contributed by atoms with Crippen molar-refractivity contribution in [3.63, 3.8) is 0 Å². The Kier molecular flexibility index (Phi) is 8.84. The molecule has 1 aromatic carbocycles. The third-order valence-electron chi connectivity index (χ3n) is 7.42. The van der Waals surface area contributed by atoms with Crippen LogP contribution in [-0.2, 0) is 42.9 Å². The number of nitrogens with zero attached hydrogens (tertiary/aromatic N) is 4. The molecule has 2 amide bonds. The van der Waals surface area contributed by atoms with Crippen molar-refractivity contribution in [1.82, 2.24) is 19.4 Å². The van der Waals surface area contributed by atoms with Gasteiger partial charge in [-0.25, -0.2) is 22.6 Å². The minimum absolute atomic E-state index is 0. The first-order valence-electron chi connectivity index (χ1n) is 12.5. The zero-order valence-corrected chi connectivity index (χ0v) is 24.2. The van der Waals surface area contributed by atoms with Gasteiger partial charge in [0, 0.05) is 67.6 Å². The van der Waals surface area contributed by atoms with E-state index < -0.39 is 28.7 Å². The normalized spacial score (nSPS) is 17.8. The zero-order valence-electron chi connectivity index (χ0n) is 21.3. The number of hydrogen-bond donors (Lipinski definition) is 2. The molecule has 1 radical (unpaired) electrons. The van der Waals surface area contributed by atoms with Crippen molar-refractivity contribution < 1.29 is 22.0 Å². The molecule has 0 atom stereocenters. The maximum Gasteiger partial charge on any atom is 0.334 e. The number of amides is 2. The van der Waals surface area contributed by atoms with Crippen LogP contribution < -0.4 is 14.3 Å². The molecular formula is C24H32F2N6NaO3S. The molecule has 1 aliphatic heterocycles. The summed E-state index contributed by atoms with van der Waals surface area (Å²) in [5, 5.41) is 6.97. The van der Waals surface area contributed by atoms with Crippen molar-refractivity contribution in [1.29, 1.82) is 0 Å². The summed E-state index contributed by atoms with van der Waals surface area (Å²) in [5.41, 5.74) is 5.78. The maximum absolute atomic E-state index is 13.6. The number of carbonyl (C=O) groups is 1. The molecular weight excluding hydrogens is 513 g/mol. The van der Waals surface area contributed by atoms with Crippen LogP contribution in [0.5, 0.6) is 0 Å². The van der Waals surface area contributed by atoms with Gasteiger partial charge < -0.3 is 5.32 Å². The number of halogens is 2. The van der Waals surface area contributed by atoms with E-state index in [-0.39, 0.29) is 36.1 Å². The predicted octanol–water partition coefficient (Wildman–Crippen LogP) is 2.62. The summed E-state index contributed by atoms with van der Waals surface area (Å²) < 4.78 is 57.6. The number of aryl methyl sites for hydroxylation is 3. The molecule has 0 unspecified atom stereocenters. The van der Waals surface area contributed by atoms with Gasteiger partial charge in [-0.3, -0.25) is 9.58 Å². The monoisotopic (exact) mass is 545 g/mol. The zero-order chi connectivity index (χ0) is 25.4. The van der Waals surface area contributed by atoms with Crippen molar-refractivity contribution in [2.45, 2.75) is 63.8 Å². The molecule has 2 aromatic rings. The second-order valence-electron chi connectivity index (χ2n) is 9.89. The van der Waals surface area contributed by atoms with E-state index in [0.29, 0.717) is 31.6 Å². The van der Waals surface area contributed by atoms with E-state index in [0.717, 1.165) is 55.3 Å². The summed E-state index contributed by atoms with van der Waals surface area (Å²) in [4.78, 5) is 14.7. The Hall–Kier alpha value is -1.73. The minimum atomic E-state index is -4.30. The first-order chi connectivity index (χ1) is 17.2. The van der Waals surface area contributed by atoms with E-state index >= 15 is 0 Å². The number of alkyl halides is 2. The van der Waals surface area contributed by atoms with Crippen molar-refractivity contribution >= 4 is 57.2 Å². The summed E-state index contributed by atoms with van der Waals surface area (Å²) in [6, 6.07) is 0.960. The van der Waals surface area contributed by atoms with Crippen LogP contribution in [-0.4, -0.2) is 90.8 Å². The largest absolute Gasteiger partial charge is 0.334 e. The number of nitrogens with one attached hydrogen (secondary N) is 2. The summed E-state index contributed by atoms with van der Waals surface area (Å²) in [6.07, 6.45) is 7.00. The topological polar surface area (TPSA) is 99.6 Å².